The number of hydrogen-bond donors (Lipinski definition) is 2. The van der Waals surface area contributed by atoms with Gasteiger partial charge in [0.1, 0.15) is 5.75 Å². The van der Waals surface area contributed by atoms with E-state index in [1.807, 2.05) is 32.0 Å². The van der Waals surface area contributed by atoms with Gasteiger partial charge in [-0.15, -0.1) is 0 Å². The lowest BCUT2D eigenvalue weighted by Gasteiger charge is -2.13. The number of carbonyl (C=O) groups excluding carboxylic acids is 1. The first-order valence-corrected chi connectivity index (χ1v) is 6.96. The van der Waals surface area contributed by atoms with Crippen LogP contribution in [0, 0.1) is 5.92 Å². The van der Waals surface area contributed by atoms with Crippen molar-refractivity contribution in [1.82, 2.24) is 5.32 Å². The Morgan fingerprint density at radius 2 is 2.30 bits per heavy atom. The fraction of sp³-hybridized carbons (Fsp3) is 0.438. The van der Waals surface area contributed by atoms with Gasteiger partial charge in [0, 0.05) is 19.0 Å². The molecule has 2 N–H and O–H groups in total. The molecule has 1 aromatic carbocycles. The number of amides is 1. The van der Waals surface area contributed by atoms with Gasteiger partial charge < -0.3 is 15.2 Å². The zero-order valence-electron chi connectivity index (χ0n) is 11.9. The van der Waals surface area contributed by atoms with Crippen LogP contribution < -0.4 is 10.1 Å². The molecule has 1 amide bonds. The van der Waals surface area contributed by atoms with Crippen molar-refractivity contribution in [3.63, 3.8) is 0 Å². The van der Waals surface area contributed by atoms with E-state index >= 15 is 0 Å². The summed E-state index contributed by atoms with van der Waals surface area (Å²) in [5, 5.41) is 12.3. The minimum Gasteiger partial charge on any atom is -0.493 e. The van der Waals surface area contributed by atoms with E-state index in [-0.39, 0.29) is 18.4 Å². The van der Waals surface area contributed by atoms with Crippen LogP contribution in [-0.2, 0) is 11.2 Å². The predicted molar refractivity (Wildman–Crippen MR) is 78.5 cm³/mol. The second kappa shape index (κ2) is 6.57. The number of rotatable bonds is 5. The van der Waals surface area contributed by atoms with Crippen LogP contribution in [0.2, 0.25) is 0 Å². The molecule has 0 saturated heterocycles. The summed E-state index contributed by atoms with van der Waals surface area (Å²) in [6, 6.07) is 5.90. The van der Waals surface area contributed by atoms with Gasteiger partial charge in [-0.25, -0.2) is 0 Å². The minimum absolute atomic E-state index is 0.135. The van der Waals surface area contributed by atoms with Gasteiger partial charge in [0.15, 0.2) is 0 Å². The maximum absolute atomic E-state index is 11.6. The fourth-order valence-corrected chi connectivity index (χ4v) is 1.98. The number of nitrogens with one attached hydrogen (secondary N) is 1. The van der Waals surface area contributed by atoms with E-state index in [2.05, 4.69) is 5.32 Å². The van der Waals surface area contributed by atoms with E-state index in [1.54, 1.807) is 6.08 Å². The molecule has 0 aromatic heterocycles. The summed E-state index contributed by atoms with van der Waals surface area (Å²) in [4.78, 5) is 11.6. The van der Waals surface area contributed by atoms with E-state index in [9.17, 15) is 9.90 Å². The van der Waals surface area contributed by atoms with E-state index in [4.69, 9.17) is 4.74 Å². The zero-order chi connectivity index (χ0) is 14.5. The topological polar surface area (TPSA) is 58.6 Å². The number of aliphatic hydroxyl groups excluding tert-OH is 1. The van der Waals surface area contributed by atoms with E-state index in [1.165, 1.54) is 11.6 Å². The highest BCUT2D eigenvalue weighted by Crippen LogP contribution is 2.26. The van der Waals surface area contributed by atoms with Crippen molar-refractivity contribution in [2.45, 2.75) is 26.4 Å². The molecule has 0 aliphatic carbocycles. The van der Waals surface area contributed by atoms with Crippen LogP contribution in [0.3, 0.4) is 0 Å². The highest BCUT2D eigenvalue weighted by molar-refractivity contribution is 5.91. The van der Waals surface area contributed by atoms with Crippen LogP contribution in [-0.4, -0.2) is 30.3 Å². The summed E-state index contributed by atoms with van der Waals surface area (Å²) in [6.07, 6.45) is 3.67. The number of carbonyl (C=O) groups is 1. The fourth-order valence-electron chi connectivity index (χ4n) is 1.98. The molecular weight excluding hydrogens is 254 g/mol. The lowest BCUT2D eigenvalue weighted by Crippen LogP contribution is -2.33. The molecule has 1 unspecified atom stereocenters. The van der Waals surface area contributed by atoms with E-state index < -0.39 is 6.10 Å². The predicted octanol–water partition coefficient (Wildman–Crippen LogP) is 1.77. The molecule has 4 nitrogen and oxygen atoms in total. The monoisotopic (exact) mass is 275 g/mol. The third kappa shape index (κ3) is 3.84. The molecule has 0 fully saturated rings. The molecule has 4 heteroatoms. The molecule has 0 bridgehead atoms. The van der Waals surface area contributed by atoms with Crippen LogP contribution >= 0.6 is 0 Å². The number of aliphatic hydroxyl groups is 1. The second-order valence-electron chi connectivity index (χ2n) is 5.36. The number of hydrogen-bond acceptors (Lipinski definition) is 3. The van der Waals surface area contributed by atoms with Gasteiger partial charge in [-0.3, -0.25) is 4.79 Å². The Morgan fingerprint density at radius 3 is 3.05 bits per heavy atom. The Morgan fingerprint density at radius 1 is 1.50 bits per heavy atom. The molecular formula is C16H21NO3. The van der Waals surface area contributed by atoms with Gasteiger partial charge in [-0.1, -0.05) is 19.9 Å². The minimum atomic E-state index is -0.510. The van der Waals surface area contributed by atoms with Gasteiger partial charge >= 0.3 is 0 Å². The Bertz CT molecular complexity index is 508. The Kier molecular flexibility index (Phi) is 4.79. The highest BCUT2D eigenvalue weighted by Gasteiger charge is 2.11. The van der Waals surface area contributed by atoms with Gasteiger partial charge in [0.25, 0.3) is 0 Å². The number of benzene rings is 1. The molecule has 2 rings (SSSR count). The van der Waals surface area contributed by atoms with Crippen molar-refractivity contribution in [3.8, 4) is 5.75 Å². The quantitative estimate of drug-likeness (QED) is 0.805. The summed E-state index contributed by atoms with van der Waals surface area (Å²) in [5.74, 6) is 0.879. The lowest BCUT2D eigenvalue weighted by atomic mass is 10.1. The van der Waals surface area contributed by atoms with Gasteiger partial charge in [-0.05, 0) is 35.3 Å². The SMILES string of the molecule is CC(C)C(O)CNC(=O)/C=C/c1ccc2c(c1)CCO2. The first-order valence-electron chi connectivity index (χ1n) is 6.96. The Hall–Kier alpha value is -1.81. The zero-order valence-corrected chi connectivity index (χ0v) is 11.9. The van der Waals surface area contributed by atoms with Crippen molar-refractivity contribution in [3.05, 3.63) is 35.4 Å². The molecule has 1 heterocycles. The van der Waals surface area contributed by atoms with Gasteiger partial charge in [-0.2, -0.15) is 0 Å². The molecule has 1 aliphatic rings. The molecule has 1 aromatic rings. The van der Waals surface area contributed by atoms with Crippen molar-refractivity contribution >= 4 is 12.0 Å². The summed E-state index contributed by atoms with van der Waals surface area (Å²) in [6.45, 7) is 4.84. The lowest BCUT2D eigenvalue weighted by molar-refractivity contribution is -0.117. The summed E-state index contributed by atoms with van der Waals surface area (Å²) in [5.41, 5.74) is 2.16. The van der Waals surface area contributed by atoms with E-state index in [0.29, 0.717) is 0 Å². The molecule has 0 radical (unpaired) electrons. The van der Waals surface area contributed by atoms with Crippen LogP contribution in [0.15, 0.2) is 24.3 Å². The standard InChI is InChI=1S/C16H21NO3/c1-11(2)14(18)10-17-16(19)6-4-12-3-5-15-13(9-12)7-8-20-15/h3-6,9,11,14,18H,7-8,10H2,1-2H3,(H,17,19)/b6-4+. The average Bonchev–Trinajstić information content (AvgIpc) is 2.89. The molecule has 0 spiro atoms. The second-order valence-corrected chi connectivity index (χ2v) is 5.36. The first-order chi connectivity index (χ1) is 9.56. The number of ether oxygens (including phenoxy) is 1. The Labute approximate surface area is 119 Å². The summed E-state index contributed by atoms with van der Waals surface area (Å²) < 4.78 is 5.44. The van der Waals surface area contributed by atoms with Crippen LogP contribution in [0.25, 0.3) is 6.08 Å². The molecule has 108 valence electrons. The van der Waals surface area contributed by atoms with Crippen molar-refractivity contribution < 1.29 is 14.6 Å². The van der Waals surface area contributed by atoms with Crippen molar-refractivity contribution in [1.29, 1.82) is 0 Å². The van der Waals surface area contributed by atoms with E-state index in [0.717, 1.165) is 24.3 Å². The van der Waals surface area contributed by atoms with Gasteiger partial charge in [0.2, 0.25) is 5.91 Å². The smallest absolute Gasteiger partial charge is 0.244 e. The first kappa shape index (κ1) is 14.6. The third-order valence-electron chi connectivity index (χ3n) is 3.40. The van der Waals surface area contributed by atoms with Crippen LogP contribution in [0.5, 0.6) is 5.75 Å². The van der Waals surface area contributed by atoms with Crippen molar-refractivity contribution in [2.24, 2.45) is 5.92 Å². The highest BCUT2D eigenvalue weighted by atomic mass is 16.5. The summed E-state index contributed by atoms with van der Waals surface area (Å²) in [7, 11) is 0. The molecule has 0 saturated carbocycles. The average molecular weight is 275 g/mol. The molecule has 20 heavy (non-hydrogen) atoms. The largest absolute Gasteiger partial charge is 0.493 e. The van der Waals surface area contributed by atoms with Crippen LogP contribution in [0.1, 0.15) is 25.0 Å². The maximum Gasteiger partial charge on any atom is 0.244 e. The Balaban J connectivity index is 1.87. The molecule has 1 atom stereocenters. The molecule has 1 aliphatic heterocycles. The summed E-state index contributed by atoms with van der Waals surface area (Å²) >= 11 is 0. The maximum atomic E-state index is 11.6. The van der Waals surface area contributed by atoms with Crippen molar-refractivity contribution in [2.75, 3.05) is 13.2 Å². The number of fused-ring (bicyclic) bond motifs is 1. The van der Waals surface area contributed by atoms with Crippen LogP contribution in [0.4, 0.5) is 0 Å². The third-order valence-corrected chi connectivity index (χ3v) is 3.40. The normalized spacial score (nSPS) is 15.2. The van der Waals surface area contributed by atoms with Gasteiger partial charge in [0.05, 0.1) is 12.7 Å².